The highest BCUT2D eigenvalue weighted by atomic mass is 16.5. The molecule has 5 fully saturated rings. The number of allylic oxidation sites excluding steroid dienone is 1. The number of rotatable bonds is 6. The molecule has 1 N–H and O–H groups in total. The summed E-state index contributed by atoms with van der Waals surface area (Å²) in [6.07, 6.45) is 12.0. The third-order valence-electron chi connectivity index (χ3n) is 14.7. The van der Waals surface area contributed by atoms with Crippen molar-refractivity contribution in [2.45, 2.75) is 132 Å². The zero-order valence-corrected chi connectivity index (χ0v) is 27.1. The fraction of sp³-hybridized carbons (Fsp3) is 0.861. The summed E-state index contributed by atoms with van der Waals surface area (Å²) >= 11 is 0. The standard InChI is InChI=1S/C36H56O5/c1-22(2)23-12-17-36(21-37)19-18-34(8)24(29(23)36)10-11-26-33(7)15-14-27(41-28(38)20-31(3,4)30(39)40)32(5,6)25(33)13-16-35(26,34)9/h21,23-27,29H,1,10-20H2,2-9H3,(H,39,40)/t23?,24?,25?,26?,27-,29?,33-,34+,35+,36+/m0/s1. The Morgan fingerprint density at radius 3 is 2.20 bits per heavy atom. The van der Waals surface area contributed by atoms with E-state index in [2.05, 4.69) is 48.1 Å². The molecule has 5 heteroatoms. The maximum absolute atomic E-state index is 12.9. The largest absolute Gasteiger partial charge is 0.481 e. The second kappa shape index (κ2) is 9.68. The van der Waals surface area contributed by atoms with Crippen molar-refractivity contribution in [3.8, 4) is 0 Å². The molecule has 0 amide bonds. The van der Waals surface area contributed by atoms with Gasteiger partial charge in [-0.05, 0) is 131 Å². The lowest BCUT2D eigenvalue weighted by Crippen LogP contribution is -2.67. The van der Waals surface area contributed by atoms with Crippen molar-refractivity contribution >= 4 is 18.2 Å². The lowest BCUT2D eigenvalue weighted by atomic mass is 9.32. The Kier molecular flexibility index (Phi) is 7.27. The number of carboxylic acids is 1. The molecule has 5 aliphatic carbocycles. The Morgan fingerprint density at radius 2 is 1.59 bits per heavy atom. The molecule has 5 aliphatic rings. The number of ether oxygens (including phenoxy) is 1. The number of esters is 1. The molecule has 0 aromatic rings. The fourth-order valence-electron chi connectivity index (χ4n) is 12.2. The molecule has 41 heavy (non-hydrogen) atoms. The van der Waals surface area contributed by atoms with Crippen LogP contribution in [0, 0.1) is 62.1 Å². The van der Waals surface area contributed by atoms with E-state index in [1.807, 2.05) is 0 Å². The maximum Gasteiger partial charge on any atom is 0.309 e. The molecule has 5 unspecified atom stereocenters. The molecular formula is C36H56O5. The van der Waals surface area contributed by atoms with E-state index < -0.39 is 17.4 Å². The third kappa shape index (κ3) is 4.24. The van der Waals surface area contributed by atoms with Crippen LogP contribution in [0.2, 0.25) is 0 Å². The van der Waals surface area contributed by atoms with E-state index in [0.29, 0.717) is 29.6 Å². The van der Waals surface area contributed by atoms with Gasteiger partial charge in [-0.15, -0.1) is 0 Å². The molecule has 0 spiro atoms. The Hall–Kier alpha value is -1.65. The second-order valence-corrected chi connectivity index (χ2v) is 17.2. The predicted octanol–water partition coefficient (Wildman–Crippen LogP) is 8.26. The summed E-state index contributed by atoms with van der Waals surface area (Å²) in [6.45, 7) is 22.1. The average Bonchev–Trinajstić information content (AvgIpc) is 3.26. The molecule has 10 atom stereocenters. The number of hydrogen-bond donors (Lipinski definition) is 1. The van der Waals surface area contributed by atoms with Crippen LogP contribution in [0.3, 0.4) is 0 Å². The van der Waals surface area contributed by atoms with Crippen molar-refractivity contribution < 1.29 is 24.2 Å². The van der Waals surface area contributed by atoms with E-state index in [9.17, 15) is 19.5 Å². The summed E-state index contributed by atoms with van der Waals surface area (Å²) in [7, 11) is 0. The number of carbonyl (C=O) groups excluding carboxylic acids is 2. The van der Waals surface area contributed by atoms with Crippen molar-refractivity contribution in [3.63, 3.8) is 0 Å². The van der Waals surface area contributed by atoms with Crippen LogP contribution in [-0.4, -0.2) is 29.4 Å². The van der Waals surface area contributed by atoms with E-state index >= 15 is 0 Å². The monoisotopic (exact) mass is 568 g/mol. The molecule has 230 valence electrons. The predicted molar refractivity (Wildman–Crippen MR) is 161 cm³/mol. The van der Waals surface area contributed by atoms with Gasteiger partial charge in [0.2, 0.25) is 0 Å². The van der Waals surface area contributed by atoms with Crippen molar-refractivity contribution in [1.82, 2.24) is 0 Å². The highest BCUT2D eigenvalue weighted by Gasteiger charge is 2.71. The summed E-state index contributed by atoms with van der Waals surface area (Å²) in [4.78, 5) is 37.3. The van der Waals surface area contributed by atoms with E-state index in [4.69, 9.17) is 4.74 Å². The van der Waals surface area contributed by atoms with Gasteiger partial charge in [0.15, 0.2) is 0 Å². The smallest absolute Gasteiger partial charge is 0.309 e. The van der Waals surface area contributed by atoms with Crippen molar-refractivity contribution in [2.75, 3.05) is 0 Å². The first kappa shape index (κ1) is 30.8. The molecule has 0 heterocycles. The van der Waals surface area contributed by atoms with Gasteiger partial charge < -0.3 is 14.6 Å². The van der Waals surface area contributed by atoms with Crippen LogP contribution >= 0.6 is 0 Å². The Labute approximate surface area is 248 Å². The molecule has 0 radical (unpaired) electrons. The summed E-state index contributed by atoms with van der Waals surface area (Å²) in [5, 5.41) is 9.52. The van der Waals surface area contributed by atoms with Crippen LogP contribution in [0.25, 0.3) is 0 Å². The van der Waals surface area contributed by atoms with Gasteiger partial charge in [-0.25, -0.2) is 0 Å². The SMILES string of the molecule is C=C(C)C1CC[C@]2(C=O)CC[C@]3(C)C(CCC4[C@@]5(C)CC[C@H](OC(=O)CC(C)(C)C(=O)O)C(C)(C)C5CC[C@]43C)C12. The Bertz CT molecular complexity index is 1120. The summed E-state index contributed by atoms with van der Waals surface area (Å²) in [5.41, 5.74) is 0.388. The first-order valence-electron chi connectivity index (χ1n) is 16.4. The quantitative estimate of drug-likeness (QED) is 0.198. The summed E-state index contributed by atoms with van der Waals surface area (Å²) in [5.74, 6) is 1.14. The van der Waals surface area contributed by atoms with Crippen LogP contribution < -0.4 is 0 Å². The topological polar surface area (TPSA) is 80.7 Å². The number of hydrogen-bond acceptors (Lipinski definition) is 4. The van der Waals surface area contributed by atoms with Gasteiger partial charge in [0.25, 0.3) is 0 Å². The highest BCUT2D eigenvalue weighted by molar-refractivity contribution is 5.81. The average molecular weight is 569 g/mol. The van der Waals surface area contributed by atoms with Crippen molar-refractivity contribution in [3.05, 3.63) is 12.2 Å². The zero-order chi connectivity index (χ0) is 30.4. The van der Waals surface area contributed by atoms with E-state index in [1.165, 1.54) is 31.1 Å². The van der Waals surface area contributed by atoms with Crippen LogP contribution in [0.15, 0.2) is 12.2 Å². The van der Waals surface area contributed by atoms with Gasteiger partial charge in [0.05, 0.1) is 11.8 Å². The Morgan fingerprint density at radius 1 is 0.902 bits per heavy atom. The second-order valence-electron chi connectivity index (χ2n) is 17.2. The highest BCUT2D eigenvalue weighted by Crippen LogP contribution is 2.77. The molecular weight excluding hydrogens is 512 g/mol. The molecule has 0 bridgehead atoms. The summed E-state index contributed by atoms with van der Waals surface area (Å²) in [6, 6.07) is 0. The molecule has 5 saturated carbocycles. The number of aliphatic carboxylic acids is 1. The van der Waals surface area contributed by atoms with Crippen LogP contribution in [0.1, 0.15) is 126 Å². The normalized spacial score (nSPS) is 46.7. The number of fused-ring (bicyclic) bond motifs is 7. The Balaban J connectivity index is 1.41. The van der Waals surface area contributed by atoms with Crippen LogP contribution in [0.5, 0.6) is 0 Å². The number of carboxylic acid groups (broad SMARTS) is 1. The third-order valence-corrected chi connectivity index (χ3v) is 14.7. The minimum absolute atomic E-state index is 0.105. The van der Waals surface area contributed by atoms with Gasteiger partial charge >= 0.3 is 11.9 Å². The number of aldehydes is 1. The first-order valence-corrected chi connectivity index (χ1v) is 16.4. The zero-order valence-electron chi connectivity index (χ0n) is 27.1. The number of carbonyl (C=O) groups is 3. The van der Waals surface area contributed by atoms with Gasteiger partial charge in [-0.2, -0.15) is 0 Å². The molecule has 0 aliphatic heterocycles. The lowest BCUT2D eigenvalue weighted by Gasteiger charge is -2.72. The molecule has 0 aromatic carbocycles. The van der Waals surface area contributed by atoms with E-state index in [-0.39, 0.29) is 39.6 Å². The minimum Gasteiger partial charge on any atom is -0.481 e. The van der Waals surface area contributed by atoms with Crippen molar-refractivity contribution in [2.24, 2.45) is 62.1 Å². The van der Waals surface area contributed by atoms with Gasteiger partial charge in [0, 0.05) is 10.8 Å². The lowest BCUT2D eigenvalue weighted by molar-refractivity contribution is -0.248. The van der Waals surface area contributed by atoms with Crippen LogP contribution in [0.4, 0.5) is 0 Å². The molecule has 0 aromatic heterocycles. The van der Waals surface area contributed by atoms with Crippen molar-refractivity contribution in [1.29, 1.82) is 0 Å². The molecule has 0 saturated heterocycles. The van der Waals surface area contributed by atoms with Gasteiger partial charge in [-0.1, -0.05) is 46.8 Å². The van der Waals surface area contributed by atoms with Gasteiger partial charge in [-0.3, -0.25) is 9.59 Å². The van der Waals surface area contributed by atoms with E-state index in [1.54, 1.807) is 13.8 Å². The first-order chi connectivity index (χ1) is 18.9. The molecule has 5 rings (SSSR count). The maximum atomic E-state index is 12.9. The van der Waals surface area contributed by atoms with E-state index in [0.717, 1.165) is 44.9 Å². The summed E-state index contributed by atoms with van der Waals surface area (Å²) < 4.78 is 6.11. The van der Waals surface area contributed by atoms with Gasteiger partial charge in [0.1, 0.15) is 12.4 Å². The fourth-order valence-corrected chi connectivity index (χ4v) is 12.2. The van der Waals surface area contributed by atoms with Crippen LogP contribution in [-0.2, 0) is 19.1 Å². The minimum atomic E-state index is -1.13. The molecule has 5 nitrogen and oxygen atoms in total.